The van der Waals surface area contributed by atoms with E-state index in [0.717, 1.165) is 5.01 Å². The van der Waals surface area contributed by atoms with Gasteiger partial charge in [-0.05, 0) is 13.0 Å². The van der Waals surface area contributed by atoms with Crippen molar-refractivity contribution in [2.24, 2.45) is 0 Å². The Kier molecular flexibility index (Phi) is 4.27. The predicted molar refractivity (Wildman–Crippen MR) is 78.0 cm³/mol. The minimum Gasteiger partial charge on any atom is -0.372 e. The topological polar surface area (TPSA) is 49.8 Å². The van der Waals surface area contributed by atoms with E-state index in [9.17, 15) is 0 Å². The summed E-state index contributed by atoms with van der Waals surface area (Å²) in [6.07, 6.45) is 1.77. The Morgan fingerprint density at radius 2 is 2.00 bits per heavy atom. The van der Waals surface area contributed by atoms with Crippen LogP contribution in [0, 0.1) is 0 Å². The van der Waals surface area contributed by atoms with Crippen LogP contribution in [-0.2, 0) is 0 Å². The van der Waals surface area contributed by atoms with E-state index < -0.39 is 0 Å². The van der Waals surface area contributed by atoms with Crippen molar-refractivity contribution in [1.82, 2.24) is 9.97 Å². The number of anilines is 2. The Hall–Kier alpha value is -1.04. The molecule has 2 heterocycles. The van der Waals surface area contributed by atoms with E-state index in [1.165, 1.54) is 0 Å². The molecule has 2 rings (SSSR count). The highest BCUT2D eigenvalue weighted by molar-refractivity contribution is 7.09. The van der Waals surface area contributed by atoms with Gasteiger partial charge in [-0.2, -0.15) is 0 Å². The molecular formula is C11H12Cl2N4S. The van der Waals surface area contributed by atoms with E-state index in [4.69, 9.17) is 23.2 Å². The zero-order chi connectivity index (χ0) is 13.1. The first-order chi connectivity index (χ1) is 8.61. The van der Waals surface area contributed by atoms with E-state index >= 15 is 0 Å². The van der Waals surface area contributed by atoms with Gasteiger partial charge in [0.15, 0.2) is 0 Å². The van der Waals surface area contributed by atoms with Crippen LogP contribution in [-0.4, -0.2) is 17.0 Å². The van der Waals surface area contributed by atoms with E-state index in [-0.39, 0.29) is 6.04 Å². The van der Waals surface area contributed by atoms with Gasteiger partial charge in [-0.25, -0.2) is 9.97 Å². The van der Waals surface area contributed by atoms with E-state index in [0.29, 0.717) is 21.7 Å². The van der Waals surface area contributed by atoms with Gasteiger partial charge in [0.1, 0.15) is 16.6 Å². The van der Waals surface area contributed by atoms with Crippen molar-refractivity contribution in [3.63, 3.8) is 0 Å². The first kappa shape index (κ1) is 13.4. The number of thiazole rings is 1. The van der Waals surface area contributed by atoms with Crippen LogP contribution >= 0.6 is 34.5 Å². The lowest BCUT2D eigenvalue weighted by Gasteiger charge is -2.14. The standard InChI is InChI=1S/C11H12Cl2N4S/c1-6(11-15-3-4-18-11)16-10-8(13)5-7(12)9(14-2)17-10/h3-6H,1-2H3,(H2,14,16,17). The number of hydrogen-bond donors (Lipinski definition) is 2. The van der Waals surface area contributed by atoms with Crippen LogP contribution in [0.3, 0.4) is 0 Å². The normalized spacial score (nSPS) is 12.2. The van der Waals surface area contributed by atoms with Gasteiger partial charge in [0.2, 0.25) is 0 Å². The van der Waals surface area contributed by atoms with Crippen LogP contribution in [0.5, 0.6) is 0 Å². The Bertz CT molecular complexity index is 530. The second-order valence-electron chi connectivity index (χ2n) is 3.64. The molecule has 0 saturated carbocycles. The average molecular weight is 303 g/mol. The van der Waals surface area contributed by atoms with Gasteiger partial charge in [0, 0.05) is 18.6 Å². The van der Waals surface area contributed by atoms with Crippen molar-refractivity contribution in [1.29, 1.82) is 0 Å². The molecule has 1 unspecified atom stereocenters. The predicted octanol–water partition coefficient (Wildman–Crippen LogP) is 4.06. The van der Waals surface area contributed by atoms with E-state index in [1.54, 1.807) is 30.6 Å². The summed E-state index contributed by atoms with van der Waals surface area (Å²) in [7, 11) is 1.76. The molecule has 2 N–H and O–H groups in total. The molecule has 0 aliphatic heterocycles. The second-order valence-corrected chi connectivity index (χ2v) is 5.38. The molecular weight excluding hydrogens is 291 g/mol. The number of rotatable bonds is 4. The zero-order valence-corrected chi connectivity index (χ0v) is 12.2. The molecule has 0 bridgehead atoms. The fourth-order valence-electron chi connectivity index (χ4n) is 1.46. The van der Waals surface area contributed by atoms with Gasteiger partial charge in [0.25, 0.3) is 0 Å². The van der Waals surface area contributed by atoms with Crippen LogP contribution in [0.4, 0.5) is 11.6 Å². The van der Waals surface area contributed by atoms with E-state index in [1.807, 2.05) is 12.3 Å². The summed E-state index contributed by atoms with van der Waals surface area (Å²) in [5.41, 5.74) is 0. The number of aromatic nitrogens is 2. The van der Waals surface area contributed by atoms with Crippen molar-refractivity contribution < 1.29 is 0 Å². The summed E-state index contributed by atoms with van der Waals surface area (Å²) in [5, 5.41) is 10.0. The molecule has 0 saturated heterocycles. The molecule has 4 nitrogen and oxygen atoms in total. The summed E-state index contributed by atoms with van der Waals surface area (Å²) in [6, 6.07) is 1.71. The molecule has 0 aromatic carbocycles. The number of nitrogens with one attached hydrogen (secondary N) is 2. The minimum absolute atomic E-state index is 0.0425. The zero-order valence-electron chi connectivity index (χ0n) is 9.87. The molecule has 2 aromatic heterocycles. The maximum atomic E-state index is 6.11. The van der Waals surface area contributed by atoms with Crippen molar-refractivity contribution in [2.75, 3.05) is 17.7 Å². The molecule has 0 radical (unpaired) electrons. The number of halogens is 2. The Morgan fingerprint density at radius 1 is 1.28 bits per heavy atom. The van der Waals surface area contributed by atoms with Crippen molar-refractivity contribution in [3.05, 3.63) is 32.7 Å². The number of pyridine rings is 1. The fourth-order valence-corrected chi connectivity index (χ4v) is 2.61. The Balaban J connectivity index is 2.23. The number of hydrogen-bond acceptors (Lipinski definition) is 5. The molecule has 0 fully saturated rings. The minimum atomic E-state index is 0.0425. The van der Waals surface area contributed by atoms with Crippen LogP contribution in [0.1, 0.15) is 18.0 Å². The monoisotopic (exact) mass is 302 g/mol. The average Bonchev–Trinajstić information content (AvgIpc) is 2.86. The molecule has 0 aliphatic rings. The van der Waals surface area contributed by atoms with Crippen LogP contribution in [0.25, 0.3) is 0 Å². The molecule has 0 spiro atoms. The van der Waals surface area contributed by atoms with Crippen molar-refractivity contribution >= 4 is 46.2 Å². The molecule has 7 heteroatoms. The van der Waals surface area contributed by atoms with Gasteiger partial charge in [-0.3, -0.25) is 0 Å². The quantitative estimate of drug-likeness (QED) is 0.894. The molecule has 2 aromatic rings. The summed E-state index contributed by atoms with van der Waals surface area (Å²) >= 11 is 13.7. The summed E-state index contributed by atoms with van der Waals surface area (Å²) in [5.74, 6) is 1.18. The van der Waals surface area contributed by atoms with E-state index in [2.05, 4.69) is 20.6 Å². The van der Waals surface area contributed by atoms with Crippen LogP contribution in [0.15, 0.2) is 17.6 Å². The summed E-state index contributed by atoms with van der Waals surface area (Å²) in [4.78, 5) is 8.58. The molecule has 18 heavy (non-hydrogen) atoms. The van der Waals surface area contributed by atoms with Crippen molar-refractivity contribution in [2.45, 2.75) is 13.0 Å². The molecule has 0 aliphatic carbocycles. The highest BCUT2D eigenvalue weighted by Gasteiger charge is 2.13. The first-order valence-electron chi connectivity index (χ1n) is 5.31. The third kappa shape index (κ3) is 2.85. The van der Waals surface area contributed by atoms with Gasteiger partial charge >= 0.3 is 0 Å². The van der Waals surface area contributed by atoms with Crippen molar-refractivity contribution in [3.8, 4) is 0 Å². The van der Waals surface area contributed by atoms with Gasteiger partial charge in [0.05, 0.1) is 16.1 Å². The lowest BCUT2D eigenvalue weighted by molar-refractivity contribution is 0.861. The SMILES string of the molecule is CNc1nc(NC(C)c2nccs2)c(Cl)cc1Cl. The summed E-state index contributed by atoms with van der Waals surface area (Å²) < 4.78 is 0. The van der Waals surface area contributed by atoms with Crippen LogP contribution in [0.2, 0.25) is 10.0 Å². The van der Waals surface area contributed by atoms with Gasteiger partial charge < -0.3 is 10.6 Å². The van der Waals surface area contributed by atoms with Crippen LogP contribution < -0.4 is 10.6 Å². The summed E-state index contributed by atoms with van der Waals surface area (Å²) in [6.45, 7) is 2.00. The number of nitrogens with zero attached hydrogens (tertiary/aromatic N) is 2. The van der Waals surface area contributed by atoms with Gasteiger partial charge in [-0.15, -0.1) is 11.3 Å². The third-order valence-electron chi connectivity index (χ3n) is 2.34. The Morgan fingerprint density at radius 3 is 2.61 bits per heavy atom. The highest BCUT2D eigenvalue weighted by Crippen LogP contribution is 2.31. The Labute approximate surface area is 119 Å². The lowest BCUT2D eigenvalue weighted by atomic mass is 10.3. The maximum absolute atomic E-state index is 6.11. The van der Waals surface area contributed by atoms with Gasteiger partial charge in [-0.1, -0.05) is 23.2 Å². The first-order valence-corrected chi connectivity index (χ1v) is 6.95. The lowest BCUT2D eigenvalue weighted by Crippen LogP contribution is -2.09. The third-order valence-corrected chi connectivity index (χ3v) is 3.88. The maximum Gasteiger partial charge on any atom is 0.147 e. The molecule has 96 valence electrons. The highest BCUT2D eigenvalue weighted by atomic mass is 35.5. The largest absolute Gasteiger partial charge is 0.372 e. The second kappa shape index (κ2) is 5.73. The molecule has 0 amide bonds. The fraction of sp³-hybridized carbons (Fsp3) is 0.273. The molecule has 1 atom stereocenters. The smallest absolute Gasteiger partial charge is 0.147 e.